The van der Waals surface area contributed by atoms with Crippen LogP contribution in [0.3, 0.4) is 0 Å². The zero-order valence-corrected chi connectivity index (χ0v) is 9.94. The number of rotatable bonds is 4. The van der Waals surface area contributed by atoms with Crippen molar-refractivity contribution in [1.82, 2.24) is 15.0 Å². The van der Waals surface area contributed by atoms with Gasteiger partial charge in [-0.2, -0.15) is 0 Å². The van der Waals surface area contributed by atoms with Crippen LogP contribution in [0.2, 0.25) is 0 Å². The highest BCUT2D eigenvalue weighted by molar-refractivity contribution is 5.56. The molecule has 0 atom stereocenters. The maximum absolute atomic E-state index is 4.22. The fraction of sp³-hybridized carbons (Fsp3) is 0.250. The minimum Gasteiger partial charge on any atom is -0.373 e. The lowest BCUT2D eigenvalue weighted by Gasteiger charge is -2.10. The van der Waals surface area contributed by atoms with Crippen molar-refractivity contribution in [2.24, 2.45) is 0 Å². The zero-order chi connectivity index (χ0) is 12.1. The molecule has 0 radical (unpaired) electrons. The third-order valence-electron chi connectivity index (χ3n) is 2.53. The van der Waals surface area contributed by atoms with Crippen molar-refractivity contribution in [1.29, 1.82) is 0 Å². The summed E-state index contributed by atoms with van der Waals surface area (Å²) in [4.78, 5) is 12.3. The lowest BCUT2D eigenvalue weighted by molar-refractivity contribution is 1.05. The molecule has 5 nitrogen and oxygen atoms in total. The van der Waals surface area contributed by atoms with Crippen LogP contribution in [0.1, 0.15) is 11.1 Å². The zero-order valence-electron chi connectivity index (χ0n) is 9.94. The van der Waals surface area contributed by atoms with Crippen LogP contribution in [0.15, 0.2) is 30.9 Å². The Bertz CT molecular complexity index is 484. The van der Waals surface area contributed by atoms with E-state index >= 15 is 0 Å². The molecule has 2 aromatic rings. The Hall–Kier alpha value is -2.17. The van der Waals surface area contributed by atoms with Gasteiger partial charge in [-0.1, -0.05) is 0 Å². The second kappa shape index (κ2) is 5.25. The molecule has 0 aliphatic heterocycles. The Morgan fingerprint density at radius 3 is 2.53 bits per heavy atom. The maximum atomic E-state index is 4.22. The van der Waals surface area contributed by atoms with Crippen LogP contribution in [0.25, 0.3) is 0 Å². The SMILES string of the molecule is CNc1ncnc(NCc2ccncc2)c1C. The molecule has 0 aromatic carbocycles. The van der Waals surface area contributed by atoms with Crippen LogP contribution in [0.5, 0.6) is 0 Å². The largest absolute Gasteiger partial charge is 0.373 e. The molecule has 2 rings (SSSR count). The lowest BCUT2D eigenvalue weighted by Crippen LogP contribution is -2.06. The molecule has 0 aliphatic carbocycles. The smallest absolute Gasteiger partial charge is 0.134 e. The fourth-order valence-electron chi connectivity index (χ4n) is 1.57. The van der Waals surface area contributed by atoms with Crippen molar-refractivity contribution in [3.05, 3.63) is 42.0 Å². The summed E-state index contributed by atoms with van der Waals surface area (Å²) in [7, 11) is 1.85. The molecule has 2 aromatic heterocycles. The summed E-state index contributed by atoms with van der Waals surface area (Å²) in [6.07, 6.45) is 5.11. The van der Waals surface area contributed by atoms with Gasteiger partial charge in [0.05, 0.1) is 0 Å². The van der Waals surface area contributed by atoms with E-state index in [0.29, 0.717) is 0 Å². The Balaban J connectivity index is 2.09. The normalized spacial score (nSPS) is 10.0. The second-order valence-electron chi connectivity index (χ2n) is 3.65. The van der Waals surface area contributed by atoms with Crippen molar-refractivity contribution in [2.75, 3.05) is 17.7 Å². The molecule has 0 amide bonds. The van der Waals surface area contributed by atoms with Crippen LogP contribution >= 0.6 is 0 Å². The molecule has 2 N–H and O–H groups in total. The molecule has 5 heteroatoms. The first-order valence-corrected chi connectivity index (χ1v) is 5.43. The summed E-state index contributed by atoms with van der Waals surface area (Å²) in [5.41, 5.74) is 2.19. The third-order valence-corrected chi connectivity index (χ3v) is 2.53. The number of pyridine rings is 1. The summed E-state index contributed by atoms with van der Waals surface area (Å²) in [5.74, 6) is 1.69. The first-order chi connectivity index (χ1) is 8.31. The van der Waals surface area contributed by atoms with Gasteiger partial charge >= 0.3 is 0 Å². The number of hydrogen-bond donors (Lipinski definition) is 2. The Morgan fingerprint density at radius 2 is 1.82 bits per heavy atom. The predicted octanol–water partition coefficient (Wildman–Crippen LogP) is 1.83. The molecular formula is C12H15N5. The van der Waals surface area contributed by atoms with Crippen LogP contribution < -0.4 is 10.6 Å². The summed E-state index contributed by atoms with van der Waals surface area (Å²) in [5, 5.41) is 6.32. The van der Waals surface area contributed by atoms with E-state index in [1.807, 2.05) is 26.1 Å². The Labute approximate surface area is 100 Å². The molecule has 0 saturated heterocycles. The number of hydrogen-bond acceptors (Lipinski definition) is 5. The van der Waals surface area contributed by atoms with Crippen molar-refractivity contribution in [3.8, 4) is 0 Å². The summed E-state index contributed by atoms with van der Waals surface area (Å²) >= 11 is 0. The van der Waals surface area contributed by atoms with Crippen molar-refractivity contribution < 1.29 is 0 Å². The second-order valence-corrected chi connectivity index (χ2v) is 3.65. The minimum absolute atomic E-state index is 0.726. The number of nitrogens with one attached hydrogen (secondary N) is 2. The molecule has 0 spiro atoms. The van der Waals surface area contributed by atoms with Crippen LogP contribution in [-0.4, -0.2) is 22.0 Å². The van der Waals surface area contributed by atoms with Gasteiger partial charge < -0.3 is 10.6 Å². The van der Waals surface area contributed by atoms with E-state index in [-0.39, 0.29) is 0 Å². The van der Waals surface area contributed by atoms with Gasteiger partial charge in [0, 0.05) is 31.5 Å². The van der Waals surface area contributed by atoms with E-state index in [1.165, 1.54) is 5.56 Å². The number of anilines is 2. The van der Waals surface area contributed by atoms with E-state index in [0.717, 1.165) is 23.7 Å². The minimum atomic E-state index is 0.726. The molecule has 0 saturated carbocycles. The van der Waals surface area contributed by atoms with Gasteiger partial charge in [-0.3, -0.25) is 4.98 Å². The molecule has 88 valence electrons. The highest BCUT2D eigenvalue weighted by Gasteiger charge is 2.04. The lowest BCUT2D eigenvalue weighted by atomic mass is 10.2. The first-order valence-electron chi connectivity index (χ1n) is 5.43. The van der Waals surface area contributed by atoms with Gasteiger partial charge in [-0.05, 0) is 24.6 Å². The van der Waals surface area contributed by atoms with Crippen molar-refractivity contribution in [2.45, 2.75) is 13.5 Å². The summed E-state index contributed by atoms with van der Waals surface area (Å²) in [6, 6.07) is 3.95. The molecule has 0 unspecified atom stereocenters. The predicted molar refractivity (Wildman–Crippen MR) is 67.9 cm³/mol. The van der Waals surface area contributed by atoms with Crippen LogP contribution in [0.4, 0.5) is 11.6 Å². The van der Waals surface area contributed by atoms with Gasteiger partial charge in [-0.25, -0.2) is 9.97 Å². The fourth-order valence-corrected chi connectivity index (χ4v) is 1.57. The number of nitrogens with zero attached hydrogens (tertiary/aromatic N) is 3. The van der Waals surface area contributed by atoms with Gasteiger partial charge in [0.15, 0.2) is 0 Å². The quantitative estimate of drug-likeness (QED) is 0.837. The van der Waals surface area contributed by atoms with E-state index in [1.54, 1.807) is 18.7 Å². The molecular weight excluding hydrogens is 214 g/mol. The molecule has 0 bridgehead atoms. The highest BCUT2D eigenvalue weighted by Crippen LogP contribution is 2.17. The van der Waals surface area contributed by atoms with E-state index in [2.05, 4.69) is 25.6 Å². The van der Waals surface area contributed by atoms with Crippen LogP contribution in [0, 0.1) is 6.92 Å². The molecule has 2 heterocycles. The van der Waals surface area contributed by atoms with Gasteiger partial charge in [0.2, 0.25) is 0 Å². The molecule has 0 aliphatic rings. The van der Waals surface area contributed by atoms with Crippen molar-refractivity contribution in [3.63, 3.8) is 0 Å². The third kappa shape index (κ3) is 2.69. The van der Waals surface area contributed by atoms with Gasteiger partial charge in [0.25, 0.3) is 0 Å². The average molecular weight is 229 g/mol. The summed E-state index contributed by atoms with van der Waals surface area (Å²) < 4.78 is 0. The monoisotopic (exact) mass is 229 g/mol. The molecule has 0 fully saturated rings. The average Bonchev–Trinajstić information content (AvgIpc) is 2.39. The van der Waals surface area contributed by atoms with E-state index in [4.69, 9.17) is 0 Å². The number of aromatic nitrogens is 3. The molecule has 17 heavy (non-hydrogen) atoms. The topological polar surface area (TPSA) is 62.7 Å². The van der Waals surface area contributed by atoms with Crippen LogP contribution in [-0.2, 0) is 6.54 Å². The Morgan fingerprint density at radius 1 is 1.12 bits per heavy atom. The van der Waals surface area contributed by atoms with Crippen molar-refractivity contribution >= 4 is 11.6 Å². The van der Waals surface area contributed by atoms with E-state index < -0.39 is 0 Å². The van der Waals surface area contributed by atoms with E-state index in [9.17, 15) is 0 Å². The maximum Gasteiger partial charge on any atom is 0.134 e. The Kier molecular flexibility index (Phi) is 3.49. The standard InChI is InChI=1S/C12H15N5/c1-9-11(13-2)16-8-17-12(9)15-7-10-3-5-14-6-4-10/h3-6,8H,7H2,1-2H3,(H2,13,15,16,17). The highest BCUT2D eigenvalue weighted by atomic mass is 15.1. The first kappa shape index (κ1) is 11.3. The van der Waals surface area contributed by atoms with Gasteiger partial charge in [0.1, 0.15) is 18.0 Å². The summed E-state index contributed by atoms with van der Waals surface area (Å²) in [6.45, 7) is 2.71. The van der Waals surface area contributed by atoms with Gasteiger partial charge in [-0.15, -0.1) is 0 Å².